The quantitative estimate of drug-likeness (QED) is 0.386. The lowest BCUT2D eigenvalue weighted by molar-refractivity contribution is -0.384. The number of hydrogen-bond donors (Lipinski definition) is 0. The third-order valence-corrected chi connectivity index (χ3v) is 5.98. The van der Waals surface area contributed by atoms with Crippen molar-refractivity contribution in [3.63, 3.8) is 0 Å². The van der Waals surface area contributed by atoms with E-state index >= 15 is 0 Å². The van der Waals surface area contributed by atoms with E-state index in [9.17, 15) is 14.9 Å². The van der Waals surface area contributed by atoms with Crippen molar-refractivity contribution in [3.8, 4) is 12.3 Å². The van der Waals surface area contributed by atoms with Crippen molar-refractivity contribution in [1.29, 1.82) is 0 Å². The molecule has 0 radical (unpaired) electrons. The monoisotopic (exact) mass is 391 g/mol. The Hall–Kier alpha value is -3.24. The molecule has 1 amide bonds. The summed E-state index contributed by atoms with van der Waals surface area (Å²) in [5, 5.41) is 11.1. The zero-order chi connectivity index (χ0) is 19.7. The number of terminal acetylenes is 1. The van der Waals surface area contributed by atoms with Crippen molar-refractivity contribution in [2.24, 2.45) is 4.99 Å². The molecule has 0 fully saturated rings. The second-order valence-electron chi connectivity index (χ2n) is 6.69. The summed E-state index contributed by atoms with van der Waals surface area (Å²) in [5.74, 6) is 2.20. The number of carbonyl (C=O) groups is 1. The highest BCUT2D eigenvalue weighted by Gasteiger charge is 2.15. The van der Waals surface area contributed by atoms with E-state index in [1.54, 1.807) is 10.6 Å². The van der Waals surface area contributed by atoms with Crippen LogP contribution in [0.3, 0.4) is 0 Å². The van der Waals surface area contributed by atoms with Gasteiger partial charge in [-0.2, -0.15) is 4.99 Å². The van der Waals surface area contributed by atoms with Gasteiger partial charge in [0.2, 0.25) is 0 Å². The van der Waals surface area contributed by atoms with Gasteiger partial charge in [-0.05, 0) is 55.0 Å². The van der Waals surface area contributed by atoms with Crippen LogP contribution in [0.1, 0.15) is 34.3 Å². The number of non-ortho nitro benzene ring substituents is 1. The van der Waals surface area contributed by atoms with E-state index in [0.717, 1.165) is 24.0 Å². The van der Waals surface area contributed by atoms with E-state index in [1.807, 2.05) is 18.2 Å². The summed E-state index contributed by atoms with van der Waals surface area (Å²) >= 11 is 1.29. The first-order valence-electron chi connectivity index (χ1n) is 8.99. The summed E-state index contributed by atoms with van der Waals surface area (Å²) < 4.78 is 2.46. The molecule has 4 rings (SSSR count). The molecular weight excluding hydrogens is 374 g/mol. The predicted molar refractivity (Wildman–Crippen MR) is 108 cm³/mol. The Balaban J connectivity index is 1.80. The number of amides is 1. The third kappa shape index (κ3) is 3.35. The van der Waals surface area contributed by atoms with E-state index < -0.39 is 4.92 Å². The lowest BCUT2D eigenvalue weighted by atomic mass is 9.90. The number of hydrogen-bond acceptors (Lipinski definition) is 4. The Labute approximate surface area is 165 Å². The SMILES string of the molecule is C#CCn1c(=NC(=O)c2ccc3c(c2)CCCC3)sc2ccc([N+](=O)[O-])cc21. The molecule has 3 aromatic rings. The average molecular weight is 391 g/mol. The van der Waals surface area contributed by atoms with Crippen LogP contribution < -0.4 is 4.80 Å². The van der Waals surface area contributed by atoms with Crippen molar-refractivity contribution < 1.29 is 9.72 Å². The summed E-state index contributed by atoms with van der Waals surface area (Å²) in [7, 11) is 0. The van der Waals surface area contributed by atoms with Gasteiger partial charge in [-0.25, -0.2) is 0 Å². The molecule has 28 heavy (non-hydrogen) atoms. The van der Waals surface area contributed by atoms with E-state index in [4.69, 9.17) is 6.42 Å². The van der Waals surface area contributed by atoms with Crippen molar-refractivity contribution in [1.82, 2.24) is 4.57 Å². The fraction of sp³-hybridized carbons (Fsp3) is 0.238. The highest BCUT2D eigenvalue weighted by Crippen LogP contribution is 2.24. The molecule has 1 aromatic heterocycles. The van der Waals surface area contributed by atoms with E-state index in [2.05, 4.69) is 10.9 Å². The fourth-order valence-corrected chi connectivity index (χ4v) is 4.53. The van der Waals surface area contributed by atoms with E-state index in [1.165, 1.54) is 41.0 Å². The van der Waals surface area contributed by atoms with Gasteiger partial charge in [0.05, 0.1) is 21.7 Å². The zero-order valence-electron chi connectivity index (χ0n) is 15.1. The predicted octanol–water partition coefficient (Wildman–Crippen LogP) is 3.86. The number of aryl methyl sites for hydroxylation is 2. The second-order valence-corrected chi connectivity index (χ2v) is 7.70. The Kier molecular flexibility index (Phi) is 4.80. The van der Waals surface area contributed by atoms with Gasteiger partial charge >= 0.3 is 0 Å². The van der Waals surface area contributed by atoms with Crippen LogP contribution in [-0.4, -0.2) is 15.4 Å². The average Bonchev–Trinajstić information content (AvgIpc) is 3.04. The van der Waals surface area contributed by atoms with Gasteiger partial charge in [0, 0.05) is 17.7 Å². The van der Waals surface area contributed by atoms with Crippen LogP contribution in [0, 0.1) is 22.5 Å². The van der Waals surface area contributed by atoms with Crippen LogP contribution in [0.2, 0.25) is 0 Å². The lowest BCUT2D eigenvalue weighted by Crippen LogP contribution is -2.16. The molecule has 140 valence electrons. The van der Waals surface area contributed by atoms with Crippen molar-refractivity contribution in [2.45, 2.75) is 32.2 Å². The summed E-state index contributed by atoms with van der Waals surface area (Å²) in [4.78, 5) is 28.1. The van der Waals surface area contributed by atoms with Crippen LogP contribution in [-0.2, 0) is 19.4 Å². The Morgan fingerprint density at radius 3 is 2.75 bits per heavy atom. The number of carbonyl (C=O) groups excluding carboxylic acids is 1. The molecule has 1 heterocycles. The van der Waals surface area contributed by atoms with Gasteiger partial charge in [-0.1, -0.05) is 23.3 Å². The summed E-state index contributed by atoms with van der Waals surface area (Å²) in [6, 6.07) is 10.3. The van der Waals surface area contributed by atoms with Gasteiger partial charge < -0.3 is 4.57 Å². The maximum absolute atomic E-state index is 12.8. The Bertz CT molecular complexity index is 1210. The Morgan fingerprint density at radius 2 is 2.00 bits per heavy atom. The van der Waals surface area contributed by atoms with E-state index in [-0.39, 0.29) is 18.1 Å². The summed E-state index contributed by atoms with van der Waals surface area (Å²) in [5.41, 5.74) is 3.66. The number of nitro benzene ring substituents is 1. The normalized spacial score (nSPS) is 13.9. The van der Waals surface area contributed by atoms with Crippen LogP contribution in [0.5, 0.6) is 0 Å². The lowest BCUT2D eigenvalue weighted by Gasteiger charge is -2.15. The molecule has 0 saturated heterocycles. The maximum Gasteiger partial charge on any atom is 0.279 e. The van der Waals surface area contributed by atoms with Gasteiger partial charge in [0.15, 0.2) is 4.80 Å². The van der Waals surface area contributed by atoms with E-state index in [0.29, 0.717) is 15.9 Å². The minimum Gasteiger partial charge on any atom is -0.304 e. The molecule has 2 aromatic carbocycles. The number of aromatic nitrogens is 1. The first-order valence-corrected chi connectivity index (χ1v) is 9.80. The van der Waals surface area contributed by atoms with Crippen molar-refractivity contribution in [2.75, 3.05) is 0 Å². The van der Waals surface area contributed by atoms with Crippen LogP contribution in [0.15, 0.2) is 41.4 Å². The number of rotatable bonds is 3. The third-order valence-electron chi connectivity index (χ3n) is 4.92. The molecule has 0 saturated carbocycles. The van der Waals surface area contributed by atoms with Gasteiger partial charge in [0.1, 0.15) is 0 Å². The van der Waals surface area contributed by atoms with Crippen LogP contribution in [0.4, 0.5) is 5.69 Å². The highest BCUT2D eigenvalue weighted by molar-refractivity contribution is 7.16. The second kappa shape index (κ2) is 7.41. The first kappa shape index (κ1) is 18.1. The highest BCUT2D eigenvalue weighted by atomic mass is 32.1. The molecule has 6 nitrogen and oxygen atoms in total. The minimum absolute atomic E-state index is 0.0244. The molecule has 0 N–H and O–H groups in total. The number of benzene rings is 2. The van der Waals surface area contributed by atoms with Crippen LogP contribution >= 0.6 is 11.3 Å². The smallest absolute Gasteiger partial charge is 0.279 e. The number of thiazole rings is 1. The van der Waals surface area contributed by atoms with Crippen LogP contribution in [0.25, 0.3) is 10.2 Å². The number of nitro groups is 1. The van der Waals surface area contributed by atoms with Gasteiger partial charge in [-0.3, -0.25) is 14.9 Å². The molecule has 0 spiro atoms. The maximum atomic E-state index is 12.8. The molecule has 0 bridgehead atoms. The first-order chi connectivity index (χ1) is 13.6. The zero-order valence-corrected chi connectivity index (χ0v) is 15.9. The largest absolute Gasteiger partial charge is 0.304 e. The summed E-state index contributed by atoms with van der Waals surface area (Å²) in [6.45, 7) is 0.178. The van der Waals surface area contributed by atoms with Crippen molar-refractivity contribution >= 4 is 33.1 Å². The minimum atomic E-state index is -0.452. The fourth-order valence-electron chi connectivity index (χ4n) is 3.52. The van der Waals surface area contributed by atoms with Gasteiger partial charge in [-0.15, -0.1) is 6.42 Å². The number of nitrogens with zero attached hydrogens (tertiary/aromatic N) is 3. The molecule has 1 aliphatic carbocycles. The molecule has 0 unspecified atom stereocenters. The number of fused-ring (bicyclic) bond motifs is 2. The van der Waals surface area contributed by atoms with Crippen molar-refractivity contribution in [3.05, 3.63) is 68.0 Å². The molecule has 1 aliphatic rings. The molecule has 0 aliphatic heterocycles. The molecular formula is C21H17N3O3S. The standard InChI is InChI=1S/C21H17N3O3S/c1-2-11-23-18-13-17(24(26)27)9-10-19(18)28-21(23)22-20(25)16-8-7-14-5-3-4-6-15(14)12-16/h1,7-10,12-13H,3-6,11H2. The van der Waals surface area contributed by atoms with Gasteiger partial charge in [0.25, 0.3) is 11.6 Å². The summed E-state index contributed by atoms with van der Waals surface area (Å²) in [6.07, 6.45) is 9.83. The Morgan fingerprint density at radius 1 is 1.21 bits per heavy atom. The topological polar surface area (TPSA) is 77.5 Å². The molecule has 7 heteroatoms. The molecule has 0 atom stereocenters.